The van der Waals surface area contributed by atoms with Gasteiger partial charge in [-0.25, -0.2) is 4.79 Å². The molecule has 0 aliphatic heterocycles. The fourth-order valence-corrected chi connectivity index (χ4v) is 2.10. The number of carbonyl (C=O) groups is 1. The van der Waals surface area contributed by atoms with Gasteiger partial charge < -0.3 is 19.9 Å². The Morgan fingerprint density at radius 2 is 1.78 bits per heavy atom. The second-order valence-electron chi connectivity index (χ2n) is 5.09. The summed E-state index contributed by atoms with van der Waals surface area (Å²) >= 11 is 0. The molecule has 0 heterocycles. The van der Waals surface area contributed by atoms with Crippen LogP contribution >= 0.6 is 0 Å². The van der Waals surface area contributed by atoms with Crippen LogP contribution in [0.2, 0.25) is 0 Å². The van der Waals surface area contributed by atoms with E-state index in [2.05, 4.69) is 5.32 Å². The number of hydrogen-bond donors (Lipinski definition) is 2. The van der Waals surface area contributed by atoms with Gasteiger partial charge in [-0.15, -0.1) is 0 Å². The number of ether oxygens (including phenoxy) is 2. The first kappa shape index (κ1) is 17.0. The van der Waals surface area contributed by atoms with Gasteiger partial charge in [0, 0.05) is 20.2 Å². The summed E-state index contributed by atoms with van der Waals surface area (Å²) in [5.41, 5.74) is 2.47. The van der Waals surface area contributed by atoms with Gasteiger partial charge in [0.15, 0.2) is 0 Å². The van der Waals surface area contributed by atoms with Gasteiger partial charge in [0.05, 0.1) is 12.2 Å². The van der Waals surface area contributed by atoms with Gasteiger partial charge in [-0.1, -0.05) is 24.3 Å². The molecule has 0 atom stereocenters. The van der Waals surface area contributed by atoms with Gasteiger partial charge in [-0.2, -0.15) is 0 Å². The fraction of sp³-hybridized carbons (Fsp3) is 0.278. The normalized spacial score (nSPS) is 10.5. The largest absolute Gasteiger partial charge is 0.491 e. The van der Waals surface area contributed by atoms with E-state index in [-0.39, 0.29) is 0 Å². The minimum atomic E-state index is -0.908. The first-order valence-electron chi connectivity index (χ1n) is 7.42. The number of carboxylic acid groups (broad SMARTS) is 1. The molecule has 0 saturated heterocycles. The Bertz CT molecular complexity index is 625. The maximum absolute atomic E-state index is 10.8. The van der Waals surface area contributed by atoms with Crippen molar-refractivity contribution in [1.29, 1.82) is 0 Å². The zero-order valence-electron chi connectivity index (χ0n) is 13.1. The first-order valence-corrected chi connectivity index (χ1v) is 7.42. The fourth-order valence-electron chi connectivity index (χ4n) is 2.10. The van der Waals surface area contributed by atoms with Crippen LogP contribution in [0.5, 0.6) is 5.75 Å². The summed E-state index contributed by atoms with van der Waals surface area (Å²) in [4.78, 5) is 10.8. The highest BCUT2D eigenvalue weighted by Crippen LogP contribution is 2.13. The van der Waals surface area contributed by atoms with E-state index in [9.17, 15) is 4.79 Å². The predicted molar refractivity (Wildman–Crippen MR) is 87.8 cm³/mol. The van der Waals surface area contributed by atoms with Crippen molar-refractivity contribution < 1.29 is 19.4 Å². The van der Waals surface area contributed by atoms with Gasteiger partial charge >= 0.3 is 5.97 Å². The molecule has 2 rings (SSSR count). The molecule has 5 heteroatoms. The number of hydrogen-bond acceptors (Lipinski definition) is 4. The summed E-state index contributed by atoms with van der Waals surface area (Å²) in [6.07, 6.45) is 0. The molecule has 122 valence electrons. The lowest BCUT2D eigenvalue weighted by Crippen LogP contribution is -2.13. The van der Waals surface area contributed by atoms with Gasteiger partial charge in [0.2, 0.25) is 0 Å². The molecule has 0 aromatic heterocycles. The van der Waals surface area contributed by atoms with E-state index in [1.165, 1.54) is 0 Å². The summed E-state index contributed by atoms with van der Waals surface area (Å²) in [6.45, 7) is 2.48. The number of rotatable bonds is 9. The lowest BCUT2D eigenvalue weighted by Gasteiger charge is -2.09. The quantitative estimate of drug-likeness (QED) is 0.696. The lowest BCUT2D eigenvalue weighted by molar-refractivity contribution is 0.0697. The van der Waals surface area contributed by atoms with Crippen molar-refractivity contribution in [3.05, 3.63) is 65.2 Å². The molecular formula is C18H21NO4. The summed E-state index contributed by atoms with van der Waals surface area (Å²) in [5, 5.41) is 12.2. The van der Waals surface area contributed by atoms with Crippen molar-refractivity contribution in [2.45, 2.75) is 13.1 Å². The van der Waals surface area contributed by atoms with Crippen LogP contribution in [0.4, 0.5) is 0 Å². The van der Waals surface area contributed by atoms with Crippen molar-refractivity contribution in [2.24, 2.45) is 0 Å². The first-order chi connectivity index (χ1) is 11.2. The summed E-state index contributed by atoms with van der Waals surface area (Å²) in [5.74, 6) is -0.0815. The maximum Gasteiger partial charge on any atom is 0.335 e. The Kier molecular flexibility index (Phi) is 6.59. The number of aromatic carboxylic acids is 1. The molecule has 0 fully saturated rings. The zero-order chi connectivity index (χ0) is 16.5. The van der Waals surface area contributed by atoms with Gasteiger partial charge in [-0.3, -0.25) is 0 Å². The van der Waals surface area contributed by atoms with Crippen LogP contribution in [0.25, 0.3) is 0 Å². The van der Waals surface area contributed by atoms with Crippen molar-refractivity contribution in [1.82, 2.24) is 5.32 Å². The molecule has 0 aliphatic rings. The van der Waals surface area contributed by atoms with E-state index in [0.717, 1.165) is 16.9 Å². The SMILES string of the molecule is COCCOc1cccc(CNCc2ccc(C(=O)O)cc2)c1. The molecule has 0 aliphatic carbocycles. The molecule has 0 bridgehead atoms. The molecule has 2 aromatic carbocycles. The Hall–Kier alpha value is -2.37. The zero-order valence-corrected chi connectivity index (χ0v) is 13.1. The van der Waals surface area contributed by atoms with Crippen molar-refractivity contribution in [2.75, 3.05) is 20.3 Å². The van der Waals surface area contributed by atoms with Crippen molar-refractivity contribution in [3.63, 3.8) is 0 Å². The highest BCUT2D eigenvalue weighted by molar-refractivity contribution is 5.87. The second kappa shape index (κ2) is 8.92. The topological polar surface area (TPSA) is 67.8 Å². The Labute approximate surface area is 135 Å². The van der Waals surface area contributed by atoms with Crippen LogP contribution in [0.3, 0.4) is 0 Å². The average molecular weight is 315 g/mol. The minimum absolute atomic E-state index is 0.301. The van der Waals surface area contributed by atoms with E-state index >= 15 is 0 Å². The van der Waals surface area contributed by atoms with Gasteiger partial charge in [0.25, 0.3) is 0 Å². The number of methoxy groups -OCH3 is 1. The number of carboxylic acids is 1. The third-order valence-electron chi connectivity index (χ3n) is 3.31. The van der Waals surface area contributed by atoms with Crippen molar-refractivity contribution >= 4 is 5.97 Å². The summed E-state index contributed by atoms with van der Waals surface area (Å²) in [7, 11) is 1.65. The third-order valence-corrected chi connectivity index (χ3v) is 3.31. The van der Waals surface area contributed by atoms with Crippen LogP contribution in [-0.2, 0) is 17.8 Å². The minimum Gasteiger partial charge on any atom is -0.491 e. The van der Waals surface area contributed by atoms with E-state index in [1.54, 1.807) is 19.2 Å². The summed E-state index contributed by atoms with van der Waals surface area (Å²) < 4.78 is 10.5. The molecule has 0 spiro atoms. The van der Waals surface area contributed by atoms with Crippen LogP contribution in [0, 0.1) is 0 Å². The van der Waals surface area contributed by atoms with Crippen molar-refractivity contribution in [3.8, 4) is 5.75 Å². The molecule has 0 amide bonds. The molecule has 23 heavy (non-hydrogen) atoms. The highest BCUT2D eigenvalue weighted by Gasteiger charge is 2.02. The Morgan fingerprint density at radius 3 is 2.48 bits per heavy atom. The van der Waals surface area contributed by atoms with E-state index < -0.39 is 5.97 Å². The number of benzene rings is 2. The molecule has 0 saturated carbocycles. The maximum atomic E-state index is 10.8. The van der Waals surface area contributed by atoms with E-state index in [4.69, 9.17) is 14.6 Å². The van der Waals surface area contributed by atoms with Crippen LogP contribution < -0.4 is 10.1 Å². The second-order valence-corrected chi connectivity index (χ2v) is 5.09. The lowest BCUT2D eigenvalue weighted by atomic mass is 10.1. The monoisotopic (exact) mass is 315 g/mol. The van der Waals surface area contributed by atoms with Crippen LogP contribution in [-0.4, -0.2) is 31.4 Å². The number of nitrogens with one attached hydrogen (secondary N) is 1. The molecule has 2 aromatic rings. The van der Waals surface area contributed by atoms with E-state index in [0.29, 0.717) is 31.9 Å². The predicted octanol–water partition coefficient (Wildman–Crippen LogP) is 2.70. The van der Waals surface area contributed by atoms with Crippen LogP contribution in [0.1, 0.15) is 21.5 Å². The van der Waals surface area contributed by atoms with Crippen LogP contribution in [0.15, 0.2) is 48.5 Å². The van der Waals surface area contributed by atoms with E-state index in [1.807, 2.05) is 36.4 Å². The molecule has 2 N–H and O–H groups in total. The third kappa shape index (κ3) is 5.73. The molecule has 0 radical (unpaired) electrons. The highest BCUT2D eigenvalue weighted by atomic mass is 16.5. The van der Waals surface area contributed by atoms with Gasteiger partial charge in [-0.05, 0) is 35.4 Å². The molecule has 5 nitrogen and oxygen atoms in total. The Balaban J connectivity index is 1.81. The average Bonchev–Trinajstić information content (AvgIpc) is 2.56. The van der Waals surface area contributed by atoms with Gasteiger partial charge in [0.1, 0.15) is 12.4 Å². The molecular weight excluding hydrogens is 294 g/mol. The summed E-state index contributed by atoms with van der Waals surface area (Å²) in [6, 6.07) is 14.8. The Morgan fingerprint density at radius 1 is 1.04 bits per heavy atom. The standard InChI is InChI=1S/C18H21NO4/c1-22-9-10-23-17-4-2-3-15(11-17)13-19-12-14-5-7-16(8-6-14)18(20)21/h2-8,11,19H,9-10,12-13H2,1H3,(H,20,21). The smallest absolute Gasteiger partial charge is 0.335 e. The molecule has 0 unspecified atom stereocenters.